The third kappa shape index (κ3) is 18.4. The number of likely N-dealkylation sites (tertiary alicyclic amines) is 1. The van der Waals surface area contributed by atoms with Crippen molar-refractivity contribution in [2.75, 3.05) is 39.9 Å². The van der Waals surface area contributed by atoms with E-state index in [1.54, 1.807) is 0 Å². The number of hydrogen-bond acceptors (Lipinski definition) is 2. The number of nitrogens with one attached hydrogen (secondary N) is 1. The number of unbranched alkanes of at least 4 members (excludes halogenated alkanes) is 10. The van der Waals surface area contributed by atoms with Gasteiger partial charge in [0.15, 0.2) is 6.67 Å². The molecule has 0 bridgehead atoms. The Bertz CT molecular complexity index is 483. The minimum Gasteiger partial charge on any atom is -1.00 e. The topological polar surface area (TPSA) is 85.9 Å². The standard InChI is InChI=1S/C25H49N3O2.2ClH.H3N/c1-4-6-7-8-9-10-11-12-13-15-21-28(3,23-27-20-17-18-25(27)30)22-16-14-19-26-24(29)5-2;;;/h4-23H2,1-3H3;2*1H;1H3. The Labute approximate surface area is 217 Å². The Morgan fingerprint density at radius 2 is 1.39 bits per heavy atom. The Morgan fingerprint density at radius 3 is 1.88 bits per heavy atom. The van der Waals surface area contributed by atoms with Crippen LogP contribution in [-0.4, -0.2) is 61.1 Å². The predicted octanol–water partition coefficient (Wildman–Crippen LogP) is -0.376. The van der Waals surface area contributed by atoms with E-state index in [9.17, 15) is 9.59 Å². The molecule has 0 aromatic rings. The largest absolute Gasteiger partial charge is 1.00 e. The fourth-order valence-corrected chi connectivity index (χ4v) is 4.47. The number of amides is 2. The lowest BCUT2D eigenvalue weighted by atomic mass is 10.1. The highest BCUT2D eigenvalue weighted by molar-refractivity contribution is 5.77. The van der Waals surface area contributed by atoms with Crippen LogP contribution in [0.4, 0.5) is 0 Å². The van der Waals surface area contributed by atoms with Gasteiger partial charge in [0.2, 0.25) is 11.8 Å². The lowest BCUT2D eigenvalue weighted by Gasteiger charge is -2.38. The highest BCUT2D eigenvalue weighted by Crippen LogP contribution is 2.17. The summed E-state index contributed by atoms with van der Waals surface area (Å²) >= 11 is 0. The molecule has 1 atom stereocenters. The number of carbonyl (C=O) groups is 2. The minimum absolute atomic E-state index is 0. The molecule has 1 aliphatic rings. The summed E-state index contributed by atoms with van der Waals surface area (Å²) in [4.78, 5) is 25.6. The first kappa shape index (κ1) is 37.0. The summed E-state index contributed by atoms with van der Waals surface area (Å²) in [6, 6.07) is 0. The smallest absolute Gasteiger partial charge is 0.226 e. The Kier molecular flexibility index (Phi) is 26.0. The second kappa shape index (κ2) is 23.2. The molecular formula is C25H54Cl2N4O2. The lowest BCUT2D eigenvalue weighted by molar-refractivity contribution is -0.918. The number of rotatable bonds is 19. The van der Waals surface area contributed by atoms with Crippen molar-refractivity contribution in [3.05, 3.63) is 0 Å². The van der Waals surface area contributed by atoms with Gasteiger partial charge in [-0.1, -0.05) is 65.2 Å². The summed E-state index contributed by atoms with van der Waals surface area (Å²) in [6.45, 7) is 8.96. The normalized spacial score (nSPS) is 14.6. The molecule has 1 fully saturated rings. The van der Waals surface area contributed by atoms with Crippen molar-refractivity contribution in [2.45, 2.75) is 110 Å². The maximum Gasteiger partial charge on any atom is 0.226 e. The summed E-state index contributed by atoms with van der Waals surface area (Å²) in [5, 5.41) is 2.98. The van der Waals surface area contributed by atoms with Crippen LogP contribution in [0.5, 0.6) is 0 Å². The molecule has 5 N–H and O–H groups in total. The van der Waals surface area contributed by atoms with Gasteiger partial charge < -0.3 is 40.8 Å². The maximum absolute atomic E-state index is 12.1. The molecule has 0 spiro atoms. The molecular weight excluding hydrogens is 459 g/mol. The number of carbonyl (C=O) groups excluding carboxylic acids is 2. The van der Waals surface area contributed by atoms with E-state index in [-0.39, 0.29) is 36.9 Å². The molecule has 1 aliphatic heterocycles. The van der Waals surface area contributed by atoms with E-state index in [1.165, 1.54) is 64.2 Å². The fraction of sp³-hybridized carbons (Fsp3) is 0.920. The van der Waals surface area contributed by atoms with E-state index in [0.29, 0.717) is 12.3 Å². The number of hydrogen-bond donors (Lipinski definition) is 2. The number of halogens is 2. The first-order valence-electron chi connectivity index (χ1n) is 12.9. The summed E-state index contributed by atoms with van der Waals surface area (Å²) in [5.41, 5.74) is 0. The second-order valence-corrected chi connectivity index (χ2v) is 9.56. The first-order valence-corrected chi connectivity index (χ1v) is 12.9. The lowest BCUT2D eigenvalue weighted by Crippen LogP contribution is -3.00. The Balaban J connectivity index is -0.00000300. The maximum atomic E-state index is 12.1. The molecule has 1 saturated heterocycles. The van der Waals surface area contributed by atoms with Gasteiger partial charge in [-0.15, -0.1) is 0 Å². The van der Waals surface area contributed by atoms with Gasteiger partial charge in [-0.05, 0) is 32.1 Å². The van der Waals surface area contributed by atoms with Gasteiger partial charge in [-0.2, -0.15) is 0 Å². The highest BCUT2D eigenvalue weighted by atomic mass is 35.5. The summed E-state index contributed by atoms with van der Waals surface area (Å²) < 4.78 is 0.963. The van der Waals surface area contributed by atoms with E-state index < -0.39 is 0 Å². The molecule has 0 aromatic heterocycles. The average Bonchev–Trinajstić information content (AvgIpc) is 3.13. The summed E-state index contributed by atoms with van der Waals surface area (Å²) in [5.74, 6) is 0.470. The molecule has 0 aromatic carbocycles. The van der Waals surface area contributed by atoms with Gasteiger partial charge in [0, 0.05) is 25.9 Å². The molecule has 8 heteroatoms. The minimum atomic E-state index is 0. The van der Waals surface area contributed by atoms with Crippen molar-refractivity contribution in [1.82, 2.24) is 16.4 Å². The number of quaternary nitrogens is 2. The quantitative estimate of drug-likeness (QED) is 0.182. The molecule has 200 valence electrons. The SMILES string of the molecule is CCCCCCCCCCCC[N+](C)(CCCCNC(=O)CC)CN1CCCC1=O.[Cl-].[Cl-].[NH4+]. The second-order valence-electron chi connectivity index (χ2n) is 9.56. The predicted molar refractivity (Wildman–Crippen MR) is 132 cm³/mol. The highest BCUT2D eigenvalue weighted by Gasteiger charge is 2.29. The Hall–Kier alpha value is -0.560. The monoisotopic (exact) mass is 512 g/mol. The van der Waals surface area contributed by atoms with E-state index in [1.807, 2.05) is 6.92 Å². The van der Waals surface area contributed by atoms with Crippen LogP contribution in [0.15, 0.2) is 0 Å². The Morgan fingerprint density at radius 1 is 0.879 bits per heavy atom. The van der Waals surface area contributed by atoms with Crippen molar-refractivity contribution in [3.63, 3.8) is 0 Å². The molecule has 1 heterocycles. The number of nitrogens with zero attached hydrogens (tertiary/aromatic N) is 2. The van der Waals surface area contributed by atoms with Crippen molar-refractivity contribution in [3.8, 4) is 0 Å². The summed E-state index contributed by atoms with van der Waals surface area (Å²) in [7, 11) is 2.32. The molecule has 2 amide bonds. The van der Waals surface area contributed by atoms with Crippen LogP contribution in [-0.2, 0) is 9.59 Å². The average molecular weight is 514 g/mol. The van der Waals surface area contributed by atoms with Crippen LogP contribution in [0.3, 0.4) is 0 Å². The van der Waals surface area contributed by atoms with Crippen LogP contribution < -0.4 is 36.3 Å². The van der Waals surface area contributed by atoms with E-state index in [2.05, 4.69) is 24.2 Å². The van der Waals surface area contributed by atoms with Crippen LogP contribution in [0, 0.1) is 0 Å². The molecule has 1 unspecified atom stereocenters. The zero-order valence-electron chi connectivity index (χ0n) is 22.1. The zero-order chi connectivity index (χ0) is 22.1. The fourth-order valence-electron chi connectivity index (χ4n) is 4.47. The van der Waals surface area contributed by atoms with Gasteiger partial charge in [0.05, 0.1) is 20.1 Å². The van der Waals surface area contributed by atoms with Gasteiger partial charge in [0.25, 0.3) is 0 Å². The molecule has 33 heavy (non-hydrogen) atoms. The van der Waals surface area contributed by atoms with Gasteiger partial charge >= 0.3 is 0 Å². The molecule has 0 saturated carbocycles. The van der Waals surface area contributed by atoms with Crippen LogP contribution in [0.1, 0.15) is 110 Å². The molecule has 1 rings (SSSR count). The van der Waals surface area contributed by atoms with Gasteiger partial charge in [-0.3, -0.25) is 14.5 Å². The van der Waals surface area contributed by atoms with Crippen LogP contribution in [0.2, 0.25) is 0 Å². The van der Waals surface area contributed by atoms with Crippen molar-refractivity contribution >= 4 is 11.8 Å². The van der Waals surface area contributed by atoms with E-state index in [0.717, 1.165) is 63.0 Å². The molecule has 6 nitrogen and oxygen atoms in total. The van der Waals surface area contributed by atoms with Crippen LogP contribution in [0.25, 0.3) is 0 Å². The van der Waals surface area contributed by atoms with Crippen molar-refractivity contribution in [1.29, 1.82) is 0 Å². The van der Waals surface area contributed by atoms with Gasteiger partial charge in [0.1, 0.15) is 0 Å². The van der Waals surface area contributed by atoms with Gasteiger partial charge in [-0.25, -0.2) is 0 Å². The first-order chi connectivity index (χ1) is 14.5. The third-order valence-corrected chi connectivity index (χ3v) is 6.50. The third-order valence-electron chi connectivity index (χ3n) is 6.50. The van der Waals surface area contributed by atoms with Crippen LogP contribution >= 0.6 is 0 Å². The van der Waals surface area contributed by atoms with Crippen molar-refractivity contribution in [2.24, 2.45) is 0 Å². The van der Waals surface area contributed by atoms with Crippen molar-refractivity contribution < 1.29 is 38.9 Å². The summed E-state index contributed by atoms with van der Waals surface area (Å²) in [6.07, 6.45) is 18.0. The molecule has 0 aliphatic carbocycles. The van der Waals surface area contributed by atoms with E-state index in [4.69, 9.17) is 0 Å². The molecule has 0 radical (unpaired) electrons. The zero-order valence-corrected chi connectivity index (χ0v) is 23.6. The van der Waals surface area contributed by atoms with E-state index >= 15 is 0 Å².